The number of aryl methyl sites for hydroxylation is 2. The molecule has 0 bridgehead atoms. The normalized spacial score (nSPS) is 10.4. The number of carboxylic acids is 1. The lowest BCUT2D eigenvalue weighted by molar-refractivity contribution is -0.136. The number of ether oxygens (including phenoxy) is 1. The molecule has 0 amide bonds. The van der Waals surface area contributed by atoms with Gasteiger partial charge in [0.25, 0.3) is 5.56 Å². The van der Waals surface area contributed by atoms with Gasteiger partial charge in [-0.15, -0.1) is 0 Å². The lowest BCUT2D eigenvalue weighted by Gasteiger charge is -2.11. The van der Waals surface area contributed by atoms with Crippen molar-refractivity contribution in [2.24, 2.45) is 7.05 Å². The molecule has 2 aromatic rings. The summed E-state index contributed by atoms with van der Waals surface area (Å²) in [6.45, 7) is 1.93. The standard InChI is InChI=1S/C15H16N2O4/c1-9-4-5-13(21-3)11(6-9)12-7-10(8-14(18)19)15(20)17(2)16-12/h4-7H,8H2,1-3H3,(H,18,19). The summed E-state index contributed by atoms with van der Waals surface area (Å²) in [5, 5.41) is 13.1. The van der Waals surface area contributed by atoms with E-state index in [2.05, 4.69) is 5.10 Å². The SMILES string of the molecule is COc1ccc(C)cc1-c1cc(CC(=O)O)c(=O)n(C)n1. The van der Waals surface area contributed by atoms with Gasteiger partial charge in [-0.3, -0.25) is 9.59 Å². The minimum Gasteiger partial charge on any atom is -0.496 e. The molecular formula is C15H16N2O4. The molecule has 0 aliphatic carbocycles. The lowest BCUT2D eigenvalue weighted by Crippen LogP contribution is -2.25. The second-order valence-corrected chi connectivity index (χ2v) is 4.76. The van der Waals surface area contributed by atoms with Crippen molar-refractivity contribution in [1.82, 2.24) is 9.78 Å². The average molecular weight is 288 g/mol. The highest BCUT2D eigenvalue weighted by Gasteiger charge is 2.14. The van der Waals surface area contributed by atoms with Crippen LogP contribution in [0.1, 0.15) is 11.1 Å². The Balaban J connectivity index is 2.64. The predicted octanol–water partition coefficient (Wildman–Crippen LogP) is 1.39. The van der Waals surface area contributed by atoms with Gasteiger partial charge in [0.05, 0.1) is 19.2 Å². The number of rotatable bonds is 4. The number of benzene rings is 1. The lowest BCUT2D eigenvalue weighted by atomic mass is 10.1. The third kappa shape index (κ3) is 3.10. The maximum atomic E-state index is 11.9. The van der Waals surface area contributed by atoms with Crippen LogP contribution in [0.3, 0.4) is 0 Å². The summed E-state index contributed by atoms with van der Waals surface area (Å²) >= 11 is 0. The number of aromatic nitrogens is 2. The first kappa shape index (κ1) is 14.8. The van der Waals surface area contributed by atoms with Crippen LogP contribution in [0.2, 0.25) is 0 Å². The third-order valence-electron chi connectivity index (χ3n) is 3.11. The van der Waals surface area contributed by atoms with Gasteiger partial charge in [0.15, 0.2) is 0 Å². The molecule has 0 saturated heterocycles. The van der Waals surface area contributed by atoms with Crippen molar-refractivity contribution in [2.45, 2.75) is 13.3 Å². The summed E-state index contributed by atoms with van der Waals surface area (Å²) in [5.41, 5.74) is 2.03. The number of carboxylic acid groups (broad SMARTS) is 1. The molecule has 0 spiro atoms. The molecule has 6 nitrogen and oxygen atoms in total. The van der Waals surface area contributed by atoms with Crippen LogP contribution in [-0.4, -0.2) is 28.0 Å². The smallest absolute Gasteiger partial charge is 0.308 e. The minimum absolute atomic E-state index is 0.193. The summed E-state index contributed by atoms with van der Waals surface area (Å²) in [4.78, 5) is 22.8. The van der Waals surface area contributed by atoms with Gasteiger partial charge in [-0.25, -0.2) is 4.68 Å². The molecule has 0 unspecified atom stereocenters. The molecule has 0 radical (unpaired) electrons. The second kappa shape index (κ2) is 5.78. The molecule has 1 heterocycles. The summed E-state index contributed by atoms with van der Waals surface area (Å²) in [5.74, 6) is -0.437. The number of carbonyl (C=O) groups is 1. The van der Waals surface area contributed by atoms with Crippen LogP contribution in [-0.2, 0) is 18.3 Å². The van der Waals surface area contributed by atoms with Crippen LogP contribution >= 0.6 is 0 Å². The first-order chi connectivity index (χ1) is 9.92. The van der Waals surface area contributed by atoms with Crippen LogP contribution in [0.25, 0.3) is 11.3 Å². The summed E-state index contributed by atoms with van der Waals surface area (Å²) in [6.07, 6.45) is -0.337. The first-order valence-electron chi connectivity index (χ1n) is 6.36. The Hall–Kier alpha value is -2.63. The molecule has 0 aliphatic rings. The molecule has 0 saturated carbocycles. The summed E-state index contributed by atoms with van der Waals surface area (Å²) in [6, 6.07) is 7.11. The molecule has 1 N–H and O–H groups in total. The van der Waals surface area contributed by atoms with Gasteiger partial charge in [0.2, 0.25) is 0 Å². The molecule has 0 aliphatic heterocycles. The molecule has 1 aromatic heterocycles. The van der Waals surface area contributed by atoms with Crippen LogP contribution in [0, 0.1) is 6.92 Å². The van der Waals surface area contributed by atoms with Crippen molar-refractivity contribution in [2.75, 3.05) is 7.11 Å². The van der Waals surface area contributed by atoms with Crippen LogP contribution in [0.5, 0.6) is 5.75 Å². The second-order valence-electron chi connectivity index (χ2n) is 4.76. The topological polar surface area (TPSA) is 81.4 Å². The number of methoxy groups -OCH3 is 1. The Morgan fingerprint density at radius 1 is 1.38 bits per heavy atom. The van der Waals surface area contributed by atoms with E-state index in [0.29, 0.717) is 11.4 Å². The molecule has 21 heavy (non-hydrogen) atoms. The number of hydrogen-bond acceptors (Lipinski definition) is 4. The van der Waals surface area contributed by atoms with Crippen molar-refractivity contribution in [3.63, 3.8) is 0 Å². The zero-order valence-electron chi connectivity index (χ0n) is 12.1. The van der Waals surface area contributed by atoms with E-state index in [4.69, 9.17) is 9.84 Å². The van der Waals surface area contributed by atoms with Crippen LogP contribution in [0.15, 0.2) is 29.1 Å². The summed E-state index contributed by atoms with van der Waals surface area (Å²) < 4.78 is 6.45. The van der Waals surface area contributed by atoms with Gasteiger partial charge in [-0.05, 0) is 25.1 Å². The highest BCUT2D eigenvalue weighted by Crippen LogP contribution is 2.29. The Labute approximate surface area is 121 Å². The Bertz CT molecular complexity index is 750. The van der Waals surface area contributed by atoms with E-state index in [1.54, 1.807) is 7.11 Å². The van der Waals surface area contributed by atoms with E-state index >= 15 is 0 Å². The van der Waals surface area contributed by atoms with Gasteiger partial charge in [0, 0.05) is 18.2 Å². The largest absolute Gasteiger partial charge is 0.496 e. The van der Waals surface area contributed by atoms with E-state index in [1.165, 1.54) is 13.1 Å². The van der Waals surface area contributed by atoms with Crippen molar-refractivity contribution in [3.05, 3.63) is 45.7 Å². The fourth-order valence-electron chi connectivity index (χ4n) is 2.11. The maximum Gasteiger partial charge on any atom is 0.308 e. The molecule has 110 valence electrons. The van der Waals surface area contributed by atoms with Gasteiger partial charge >= 0.3 is 5.97 Å². The van der Waals surface area contributed by atoms with Gasteiger partial charge in [-0.1, -0.05) is 11.6 Å². The van der Waals surface area contributed by atoms with Crippen LogP contribution in [0.4, 0.5) is 0 Å². The predicted molar refractivity (Wildman–Crippen MR) is 77.5 cm³/mol. The van der Waals surface area contributed by atoms with Gasteiger partial charge in [0.1, 0.15) is 5.75 Å². The van der Waals surface area contributed by atoms with E-state index in [1.807, 2.05) is 25.1 Å². The number of aliphatic carboxylic acids is 1. The third-order valence-corrected chi connectivity index (χ3v) is 3.11. The Morgan fingerprint density at radius 3 is 2.71 bits per heavy atom. The van der Waals surface area contributed by atoms with Crippen molar-refractivity contribution in [1.29, 1.82) is 0 Å². The average Bonchev–Trinajstić information content (AvgIpc) is 2.43. The molecule has 1 aromatic carbocycles. The molecule has 2 rings (SSSR count). The first-order valence-corrected chi connectivity index (χ1v) is 6.36. The monoisotopic (exact) mass is 288 g/mol. The highest BCUT2D eigenvalue weighted by atomic mass is 16.5. The fraction of sp³-hybridized carbons (Fsp3) is 0.267. The summed E-state index contributed by atoms with van der Waals surface area (Å²) in [7, 11) is 3.05. The minimum atomic E-state index is -1.06. The van der Waals surface area contributed by atoms with Crippen LogP contribution < -0.4 is 10.3 Å². The number of nitrogens with zero attached hydrogens (tertiary/aromatic N) is 2. The van der Waals surface area contributed by atoms with Crippen molar-refractivity contribution >= 4 is 5.97 Å². The van der Waals surface area contributed by atoms with E-state index < -0.39 is 11.5 Å². The number of hydrogen-bond donors (Lipinski definition) is 1. The van der Waals surface area contributed by atoms with E-state index in [9.17, 15) is 9.59 Å². The zero-order chi connectivity index (χ0) is 15.6. The molecular weight excluding hydrogens is 272 g/mol. The molecule has 6 heteroatoms. The maximum absolute atomic E-state index is 11.9. The van der Waals surface area contributed by atoms with Crippen molar-refractivity contribution < 1.29 is 14.6 Å². The molecule has 0 fully saturated rings. The van der Waals surface area contributed by atoms with E-state index in [-0.39, 0.29) is 12.0 Å². The van der Waals surface area contributed by atoms with Gasteiger partial charge < -0.3 is 9.84 Å². The fourth-order valence-corrected chi connectivity index (χ4v) is 2.11. The quantitative estimate of drug-likeness (QED) is 0.919. The Morgan fingerprint density at radius 2 is 2.10 bits per heavy atom. The highest BCUT2D eigenvalue weighted by molar-refractivity contribution is 5.72. The van der Waals surface area contributed by atoms with E-state index in [0.717, 1.165) is 15.8 Å². The Kier molecular flexibility index (Phi) is 4.07. The van der Waals surface area contributed by atoms with Gasteiger partial charge in [-0.2, -0.15) is 5.10 Å². The van der Waals surface area contributed by atoms with Crippen molar-refractivity contribution in [3.8, 4) is 17.0 Å². The molecule has 0 atom stereocenters. The zero-order valence-corrected chi connectivity index (χ0v) is 12.1.